The Hall–Kier alpha value is -2.29. The Kier molecular flexibility index (Phi) is 8.84. The van der Waals surface area contributed by atoms with Gasteiger partial charge < -0.3 is 15.3 Å². The maximum Gasteiger partial charge on any atom is 0.490 e. The van der Waals surface area contributed by atoms with E-state index in [-0.39, 0.29) is 11.8 Å². The van der Waals surface area contributed by atoms with E-state index >= 15 is 0 Å². The molecule has 34 heavy (non-hydrogen) atoms. The van der Waals surface area contributed by atoms with Crippen LogP contribution in [-0.2, 0) is 9.59 Å². The lowest BCUT2D eigenvalue weighted by atomic mass is 9.88. The second-order valence-corrected chi connectivity index (χ2v) is 9.74. The molecule has 0 radical (unpaired) electrons. The van der Waals surface area contributed by atoms with Crippen LogP contribution < -0.4 is 10.2 Å². The number of nitrogens with one attached hydrogen (secondary N) is 1. The van der Waals surface area contributed by atoms with Crippen molar-refractivity contribution in [3.8, 4) is 0 Å². The smallest absolute Gasteiger partial charge is 0.475 e. The zero-order chi connectivity index (χ0) is 24.9. The first-order valence-corrected chi connectivity index (χ1v) is 12.3. The van der Waals surface area contributed by atoms with E-state index in [1.54, 1.807) is 0 Å². The average molecular weight is 484 g/mol. The topological polar surface area (TPSA) is 72.9 Å². The van der Waals surface area contributed by atoms with Crippen LogP contribution in [0.25, 0.3) is 0 Å². The lowest BCUT2D eigenvalue weighted by Gasteiger charge is -2.29. The van der Waals surface area contributed by atoms with Gasteiger partial charge in [-0.3, -0.25) is 9.69 Å². The number of carboxylic acids is 1. The van der Waals surface area contributed by atoms with Crippen LogP contribution in [-0.4, -0.2) is 59.8 Å². The van der Waals surface area contributed by atoms with Crippen molar-refractivity contribution in [1.82, 2.24) is 4.90 Å². The maximum atomic E-state index is 12.6. The largest absolute Gasteiger partial charge is 0.490 e. The summed E-state index contributed by atoms with van der Waals surface area (Å²) in [6.07, 6.45) is 4.66. The highest BCUT2D eigenvalue weighted by molar-refractivity contribution is 5.93. The third kappa shape index (κ3) is 6.87. The van der Waals surface area contributed by atoms with Crippen LogP contribution in [0.1, 0.15) is 63.9 Å². The van der Waals surface area contributed by atoms with E-state index in [1.165, 1.54) is 56.3 Å². The van der Waals surface area contributed by atoms with Gasteiger partial charge in [0.25, 0.3) is 0 Å². The SMILES string of the molecule is Cc1cc(N2CC[C@H](N3CCC[C@@H]3C)C2)ccc1NC(=O)C1CCCCC1.O=C(O)C(F)(F)F. The molecule has 2 saturated heterocycles. The standard InChI is InChI=1S/C23H35N3O.C2HF3O2/c1-17-15-20(25-14-12-21(16-25)26-13-6-7-18(26)2)10-11-22(17)24-23(27)19-8-4-3-5-9-19;3-2(4,5)1(6)7/h10-11,15,18-19,21H,3-9,12-14,16H2,1-2H3,(H,24,27);(H,6,7)/t18-,21-;/m0./s1. The highest BCUT2D eigenvalue weighted by atomic mass is 19.4. The first kappa shape index (κ1) is 26.3. The minimum absolute atomic E-state index is 0.208. The molecule has 190 valence electrons. The number of carboxylic acid groups (broad SMARTS) is 1. The molecule has 0 bridgehead atoms. The summed E-state index contributed by atoms with van der Waals surface area (Å²) in [5.41, 5.74) is 3.46. The van der Waals surface area contributed by atoms with Crippen molar-refractivity contribution in [1.29, 1.82) is 0 Å². The number of hydrogen-bond acceptors (Lipinski definition) is 4. The van der Waals surface area contributed by atoms with E-state index in [0.717, 1.165) is 37.7 Å². The van der Waals surface area contributed by atoms with Gasteiger partial charge in [-0.1, -0.05) is 19.3 Å². The van der Waals surface area contributed by atoms with Crippen molar-refractivity contribution < 1.29 is 27.9 Å². The molecule has 1 saturated carbocycles. The number of benzene rings is 1. The number of hydrogen-bond donors (Lipinski definition) is 2. The second kappa shape index (κ2) is 11.4. The molecule has 0 unspecified atom stereocenters. The fourth-order valence-corrected chi connectivity index (χ4v) is 5.33. The van der Waals surface area contributed by atoms with Crippen LogP contribution in [0.3, 0.4) is 0 Å². The quantitative estimate of drug-likeness (QED) is 0.615. The zero-order valence-electron chi connectivity index (χ0n) is 20.0. The minimum atomic E-state index is -5.08. The van der Waals surface area contributed by atoms with Gasteiger partial charge in [0.15, 0.2) is 0 Å². The Morgan fingerprint density at radius 3 is 2.26 bits per heavy atom. The monoisotopic (exact) mass is 483 g/mol. The molecule has 2 N–H and O–H groups in total. The van der Waals surface area contributed by atoms with Crippen LogP contribution in [0.5, 0.6) is 0 Å². The van der Waals surface area contributed by atoms with Gasteiger partial charge in [0, 0.05) is 42.5 Å². The maximum absolute atomic E-state index is 12.6. The Labute approximate surface area is 199 Å². The van der Waals surface area contributed by atoms with Crippen LogP contribution >= 0.6 is 0 Å². The number of aryl methyl sites for hydroxylation is 1. The molecular formula is C25H36F3N3O3. The minimum Gasteiger partial charge on any atom is -0.475 e. The number of alkyl halides is 3. The molecule has 1 aromatic carbocycles. The molecule has 1 aliphatic carbocycles. The van der Waals surface area contributed by atoms with Crippen molar-refractivity contribution in [3.63, 3.8) is 0 Å². The first-order valence-electron chi connectivity index (χ1n) is 12.3. The lowest BCUT2D eigenvalue weighted by Crippen LogP contribution is -2.39. The summed E-state index contributed by atoms with van der Waals surface area (Å²) in [6.45, 7) is 8.04. The van der Waals surface area contributed by atoms with Gasteiger partial charge in [-0.2, -0.15) is 13.2 Å². The Balaban J connectivity index is 0.000000406. The van der Waals surface area contributed by atoms with Crippen LogP contribution in [0.4, 0.5) is 24.5 Å². The molecule has 9 heteroatoms. The van der Waals surface area contributed by atoms with Gasteiger partial charge in [0.2, 0.25) is 5.91 Å². The highest BCUT2D eigenvalue weighted by Gasteiger charge is 2.38. The number of anilines is 2. The summed E-state index contributed by atoms with van der Waals surface area (Å²) < 4.78 is 31.7. The van der Waals surface area contributed by atoms with E-state index in [0.29, 0.717) is 6.04 Å². The summed E-state index contributed by atoms with van der Waals surface area (Å²) in [5.74, 6) is -2.33. The van der Waals surface area contributed by atoms with Crippen LogP contribution in [0.2, 0.25) is 0 Å². The number of nitrogens with zero attached hydrogens (tertiary/aromatic N) is 2. The third-order valence-electron chi connectivity index (χ3n) is 7.29. The molecule has 0 aromatic heterocycles. The fraction of sp³-hybridized carbons (Fsp3) is 0.680. The van der Waals surface area contributed by atoms with Crippen molar-refractivity contribution in [2.75, 3.05) is 29.9 Å². The number of carbonyl (C=O) groups is 2. The molecule has 1 aromatic rings. The molecular weight excluding hydrogens is 447 g/mol. The summed E-state index contributed by atoms with van der Waals surface area (Å²) in [6, 6.07) is 8.01. The summed E-state index contributed by atoms with van der Waals surface area (Å²) in [4.78, 5) is 26.7. The summed E-state index contributed by atoms with van der Waals surface area (Å²) in [7, 11) is 0. The van der Waals surface area contributed by atoms with Gasteiger partial charge in [0.1, 0.15) is 0 Å². The van der Waals surface area contributed by atoms with Crippen LogP contribution in [0, 0.1) is 12.8 Å². The van der Waals surface area contributed by atoms with Gasteiger partial charge in [-0.15, -0.1) is 0 Å². The Bertz CT molecular complexity index is 856. The van der Waals surface area contributed by atoms with Gasteiger partial charge in [0.05, 0.1) is 0 Å². The van der Waals surface area contributed by atoms with E-state index in [4.69, 9.17) is 9.90 Å². The Morgan fingerprint density at radius 2 is 1.71 bits per heavy atom. The molecule has 0 spiro atoms. The van der Waals surface area contributed by atoms with Gasteiger partial charge in [-0.05, 0) is 76.3 Å². The number of carbonyl (C=O) groups excluding carboxylic acids is 1. The molecule has 2 aliphatic heterocycles. The zero-order valence-corrected chi connectivity index (χ0v) is 20.0. The fourth-order valence-electron chi connectivity index (χ4n) is 5.33. The molecule has 3 fully saturated rings. The molecule has 6 nitrogen and oxygen atoms in total. The van der Waals surface area contributed by atoms with Gasteiger partial charge >= 0.3 is 12.1 Å². The predicted molar refractivity (Wildman–Crippen MR) is 126 cm³/mol. The Morgan fingerprint density at radius 1 is 1.03 bits per heavy atom. The van der Waals surface area contributed by atoms with Crippen molar-refractivity contribution in [3.05, 3.63) is 23.8 Å². The first-order chi connectivity index (χ1) is 16.1. The third-order valence-corrected chi connectivity index (χ3v) is 7.29. The average Bonchev–Trinajstić information content (AvgIpc) is 3.44. The second-order valence-electron chi connectivity index (χ2n) is 9.74. The van der Waals surface area contributed by atoms with E-state index in [2.05, 4.69) is 47.2 Å². The van der Waals surface area contributed by atoms with Crippen molar-refractivity contribution >= 4 is 23.3 Å². The normalized spacial score (nSPS) is 24.0. The highest BCUT2D eigenvalue weighted by Crippen LogP contribution is 2.31. The number of rotatable bonds is 4. The van der Waals surface area contributed by atoms with E-state index < -0.39 is 12.1 Å². The molecule has 3 aliphatic rings. The number of amides is 1. The van der Waals surface area contributed by atoms with Crippen molar-refractivity contribution in [2.45, 2.75) is 83.5 Å². The van der Waals surface area contributed by atoms with E-state index in [1.807, 2.05) is 0 Å². The summed E-state index contributed by atoms with van der Waals surface area (Å²) >= 11 is 0. The lowest BCUT2D eigenvalue weighted by molar-refractivity contribution is -0.192. The van der Waals surface area contributed by atoms with Gasteiger partial charge in [-0.25, -0.2) is 4.79 Å². The van der Waals surface area contributed by atoms with Crippen molar-refractivity contribution in [2.24, 2.45) is 5.92 Å². The molecule has 2 atom stereocenters. The number of aliphatic carboxylic acids is 1. The molecule has 4 rings (SSSR count). The number of likely N-dealkylation sites (tertiary alicyclic amines) is 1. The van der Waals surface area contributed by atoms with Crippen LogP contribution in [0.15, 0.2) is 18.2 Å². The van der Waals surface area contributed by atoms with E-state index in [9.17, 15) is 18.0 Å². The summed E-state index contributed by atoms with van der Waals surface area (Å²) in [5, 5.41) is 10.3. The molecule has 2 heterocycles. The molecule has 1 amide bonds. The predicted octanol–water partition coefficient (Wildman–Crippen LogP) is 5.21. The number of halogens is 3.